The van der Waals surface area contributed by atoms with Crippen molar-refractivity contribution in [1.82, 2.24) is 0 Å². The lowest BCUT2D eigenvalue weighted by molar-refractivity contribution is 0.390. The van der Waals surface area contributed by atoms with Crippen LogP contribution in [-0.2, 0) is 6.42 Å². The Hall–Kier alpha value is -1.41. The molecule has 0 N–H and O–H groups in total. The first kappa shape index (κ1) is 17.9. The fourth-order valence-corrected chi connectivity index (χ4v) is 3.30. The van der Waals surface area contributed by atoms with Gasteiger partial charge >= 0.3 is 0 Å². The molecule has 0 fully saturated rings. The number of halogens is 3. The van der Waals surface area contributed by atoms with E-state index in [0.717, 1.165) is 25.7 Å². The van der Waals surface area contributed by atoms with Crippen LogP contribution in [0.1, 0.15) is 50.2 Å². The van der Waals surface area contributed by atoms with Crippen LogP contribution in [0.5, 0.6) is 0 Å². The van der Waals surface area contributed by atoms with E-state index in [9.17, 15) is 8.78 Å². The van der Waals surface area contributed by atoms with Crippen molar-refractivity contribution < 1.29 is 8.78 Å². The summed E-state index contributed by atoms with van der Waals surface area (Å²) in [5.74, 6) is -0.359. The van der Waals surface area contributed by atoms with Crippen molar-refractivity contribution >= 4 is 11.6 Å². The molecule has 0 nitrogen and oxygen atoms in total. The zero-order valence-electron chi connectivity index (χ0n) is 13.7. The summed E-state index contributed by atoms with van der Waals surface area (Å²) >= 11 is 5.91. The van der Waals surface area contributed by atoms with Gasteiger partial charge in [0.15, 0.2) is 0 Å². The summed E-state index contributed by atoms with van der Waals surface area (Å²) in [4.78, 5) is 0. The summed E-state index contributed by atoms with van der Waals surface area (Å²) in [6, 6.07) is 11.5. The minimum Gasteiger partial charge on any atom is -0.207 e. The van der Waals surface area contributed by atoms with Gasteiger partial charge in [0.25, 0.3) is 0 Å². The Bertz CT molecular complexity index is 622. The van der Waals surface area contributed by atoms with Gasteiger partial charge in [-0.3, -0.25) is 0 Å². The van der Waals surface area contributed by atoms with Gasteiger partial charge in [0, 0.05) is 5.02 Å². The van der Waals surface area contributed by atoms with Gasteiger partial charge in [-0.2, -0.15) is 0 Å². The van der Waals surface area contributed by atoms with Crippen molar-refractivity contribution in [2.24, 2.45) is 5.92 Å². The quantitative estimate of drug-likeness (QED) is 0.523. The Labute approximate surface area is 142 Å². The zero-order valence-corrected chi connectivity index (χ0v) is 14.4. The van der Waals surface area contributed by atoms with Crippen molar-refractivity contribution in [1.29, 1.82) is 0 Å². The zero-order chi connectivity index (χ0) is 16.8. The second-order valence-corrected chi connectivity index (χ2v) is 6.64. The Morgan fingerprint density at radius 2 is 1.70 bits per heavy atom. The molecule has 0 amide bonds. The van der Waals surface area contributed by atoms with Crippen LogP contribution in [0, 0.1) is 17.6 Å². The molecule has 124 valence electrons. The molecule has 0 aliphatic heterocycles. The van der Waals surface area contributed by atoms with Gasteiger partial charge in [-0.25, -0.2) is 8.78 Å². The molecule has 2 aromatic rings. The molecular formula is C20H23ClF2. The molecule has 0 saturated carbocycles. The molecule has 0 radical (unpaired) electrons. The molecule has 23 heavy (non-hydrogen) atoms. The van der Waals surface area contributed by atoms with Gasteiger partial charge in [0.2, 0.25) is 0 Å². The molecule has 2 rings (SSSR count). The lowest BCUT2D eigenvalue weighted by Gasteiger charge is -2.25. The third kappa shape index (κ3) is 5.04. The number of hydrogen-bond acceptors (Lipinski definition) is 0. The number of rotatable bonds is 7. The third-order valence-electron chi connectivity index (χ3n) is 4.45. The predicted octanol–water partition coefficient (Wildman–Crippen LogP) is 6.77. The Kier molecular flexibility index (Phi) is 6.59. The highest BCUT2D eigenvalue weighted by Crippen LogP contribution is 2.34. The lowest BCUT2D eigenvalue weighted by Crippen LogP contribution is -2.13. The minimum atomic E-state index is -0.374. The summed E-state index contributed by atoms with van der Waals surface area (Å²) < 4.78 is 27.8. The lowest BCUT2D eigenvalue weighted by atomic mass is 9.80. The molecule has 0 aliphatic rings. The van der Waals surface area contributed by atoms with Crippen molar-refractivity contribution in [3.05, 3.63) is 70.2 Å². The Balaban J connectivity index is 2.20. The maximum atomic E-state index is 14.2. The first-order valence-corrected chi connectivity index (χ1v) is 8.58. The van der Waals surface area contributed by atoms with Gasteiger partial charge in [0.1, 0.15) is 11.6 Å². The molecule has 0 bridgehead atoms. The van der Waals surface area contributed by atoms with E-state index in [0.29, 0.717) is 16.5 Å². The SMILES string of the molecule is CCCC(C)C(CCc1ccc(Cl)cc1)c1cc(F)ccc1F. The van der Waals surface area contributed by atoms with Crippen LogP contribution in [0.4, 0.5) is 8.78 Å². The summed E-state index contributed by atoms with van der Waals surface area (Å²) in [6.07, 6.45) is 3.66. The number of aryl methyl sites for hydroxylation is 1. The molecule has 2 aromatic carbocycles. The fraction of sp³-hybridized carbons (Fsp3) is 0.400. The van der Waals surface area contributed by atoms with E-state index in [2.05, 4.69) is 13.8 Å². The highest BCUT2D eigenvalue weighted by molar-refractivity contribution is 6.30. The van der Waals surface area contributed by atoms with Crippen molar-refractivity contribution in [2.75, 3.05) is 0 Å². The van der Waals surface area contributed by atoms with E-state index in [-0.39, 0.29) is 17.6 Å². The highest BCUT2D eigenvalue weighted by atomic mass is 35.5. The van der Waals surface area contributed by atoms with Gasteiger partial charge < -0.3 is 0 Å². The minimum absolute atomic E-state index is 0.0151. The first-order chi connectivity index (χ1) is 11.0. The van der Waals surface area contributed by atoms with E-state index >= 15 is 0 Å². The molecule has 0 aliphatic carbocycles. The normalized spacial score (nSPS) is 13.8. The van der Waals surface area contributed by atoms with Crippen LogP contribution in [0.15, 0.2) is 42.5 Å². The Morgan fingerprint density at radius 1 is 1.00 bits per heavy atom. The van der Waals surface area contributed by atoms with Crippen molar-refractivity contribution in [2.45, 2.75) is 45.4 Å². The van der Waals surface area contributed by atoms with Gasteiger partial charge in [-0.15, -0.1) is 0 Å². The van der Waals surface area contributed by atoms with Gasteiger partial charge in [-0.1, -0.05) is 50.4 Å². The van der Waals surface area contributed by atoms with Crippen LogP contribution in [-0.4, -0.2) is 0 Å². The second kappa shape index (κ2) is 8.44. The van der Waals surface area contributed by atoms with Crippen LogP contribution < -0.4 is 0 Å². The largest absolute Gasteiger partial charge is 0.207 e. The van der Waals surface area contributed by atoms with Crippen LogP contribution >= 0.6 is 11.6 Å². The molecule has 0 spiro atoms. The monoisotopic (exact) mass is 336 g/mol. The maximum absolute atomic E-state index is 14.2. The average Bonchev–Trinajstić information content (AvgIpc) is 2.53. The molecular weight excluding hydrogens is 314 g/mol. The standard InChI is InChI=1S/C20H23ClF2/c1-3-4-14(2)18(19-13-17(22)10-12-20(19)23)11-7-15-5-8-16(21)9-6-15/h5-6,8-10,12-14,18H,3-4,7,11H2,1-2H3. The number of hydrogen-bond donors (Lipinski definition) is 0. The maximum Gasteiger partial charge on any atom is 0.126 e. The van der Waals surface area contributed by atoms with Crippen LogP contribution in [0.2, 0.25) is 5.02 Å². The van der Waals surface area contributed by atoms with Crippen LogP contribution in [0.3, 0.4) is 0 Å². The van der Waals surface area contributed by atoms with Crippen molar-refractivity contribution in [3.63, 3.8) is 0 Å². The van der Waals surface area contributed by atoms with Crippen LogP contribution in [0.25, 0.3) is 0 Å². The Morgan fingerprint density at radius 3 is 2.35 bits per heavy atom. The molecule has 2 atom stereocenters. The van der Waals surface area contributed by atoms with Gasteiger partial charge in [-0.05, 0) is 66.1 Å². The third-order valence-corrected chi connectivity index (χ3v) is 4.70. The smallest absolute Gasteiger partial charge is 0.126 e. The van der Waals surface area contributed by atoms with E-state index in [4.69, 9.17) is 11.6 Å². The summed E-state index contributed by atoms with van der Waals surface area (Å²) in [5, 5.41) is 0.709. The van der Waals surface area contributed by atoms with E-state index in [1.807, 2.05) is 24.3 Å². The highest BCUT2D eigenvalue weighted by Gasteiger charge is 2.22. The second-order valence-electron chi connectivity index (χ2n) is 6.20. The summed E-state index contributed by atoms with van der Waals surface area (Å²) in [5.41, 5.74) is 1.67. The fourth-order valence-electron chi connectivity index (χ4n) is 3.18. The summed E-state index contributed by atoms with van der Waals surface area (Å²) in [6.45, 7) is 4.25. The molecule has 0 aromatic heterocycles. The molecule has 2 unspecified atom stereocenters. The average molecular weight is 337 g/mol. The molecule has 3 heteroatoms. The first-order valence-electron chi connectivity index (χ1n) is 8.20. The topological polar surface area (TPSA) is 0 Å². The van der Waals surface area contributed by atoms with Crippen molar-refractivity contribution in [3.8, 4) is 0 Å². The molecule has 0 heterocycles. The van der Waals surface area contributed by atoms with E-state index in [1.54, 1.807) is 0 Å². The number of benzene rings is 2. The van der Waals surface area contributed by atoms with E-state index in [1.165, 1.54) is 23.8 Å². The molecule has 0 saturated heterocycles. The van der Waals surface area contributed by atoms with E-state index < -0.39 is 0 Å². The summed E-state index contributed by atoms with van der Waals surface area (Å²) in [7, 11) is 0. The predicted molar refractivity (Wildman–Crippen MR) is 92.9 cm³/mol. The van der Waals surface area contributed by atoms with Gasteiger partial charge in [0.05, 0.1) is 0 Å².